The second-order valence-electron chi connectivity index (χ2n) is 6.36. The Morgan fingerprint density at radius 2 is 1.54 bits per heavy atom. The minimum atomic E-state index is 0.476. The second-order valence-corrected chi connectivity index (χ2v) is 6.77. The largest absolute Gasteiger partial charge is 0.383 e. The fourth-order valence-corrected chi connectivity index (χ4v) is 3.63. The molecule has 0 amide bonds. The summed E-state index contributed by atoms with van der Waals surface area (Å²) >= 11 is 6.42. The molecule has 0 aliphatic rings. The maximum Gasteiger partial charge on any atom is 0.160 e. The molecule has 0 aliphatic carbocycles. The molecule has 1 aromatic carbocycles. The standard InChI is InChI=1S/C22H14ClN5/c23-18-6-2-1-4-16(18)19-12-17(15-5-3-9-27-22(15)28-19)20-13-7-11-26-21(24)14(13)8-10-25-20/h1-12H,(H2,24,26). The summed E-state index contributed by atoms with van der Waals surface area (Å²) in [5.41, 5.74) is 10.0. The van der Waals surface area contributed by atoms with Gasteiger partial charge in [0, 0.05) is 50.9 Å². The predicted octanol–water partition coefficient (Wildman–Crippen LogP) is 5.14. The maximum absolute atomic E-state index is 6.42. The van der Waals surface area contributed by atoms with Gasteiger partial charge in [-0.2, -0.15) is 0 Å². The normalized spacial score (nSPS) is 11.2. The molecule has 0 aliphatic heterocycles. The van der Waals surface area contributed by atoms with Crippen LogP contribution in [0.1, 0.15) is 0 Å². The molecule has 0 radical (unpaired) electrons. The monoisotopic (exact) mass is 383 g/mol. The first-order valence-electron chi connectivity index (χ1n) is 8.72. The van der Waals surface area contributed by atoms with E-state index in [-0.39, 0.29) is 0 Å². The first-order valence-corrected chi connectivity index (χ1v) is 9.10. The van der Waals surface area contributed by atoms with Crippen LogP contribution in [-0.4, -0.2) is 19.9 Å². The Morgan fingerprint density at radius 3 is 2.43 bits per heavy atom. The Labute approximate surface area is 165 Å². The summed E-state index contributed by atoms with van der Waals surface area (Å²) in [5, 5.41) is 3.33. The number of aromatic nitrogens is 4. The molecule has 28 heavy (non-hydrogen) atoms. The molecule has 5 nitrogen and oxygen atoms in total. The van der Waals surface area contributed by atoms with Crippen molar-refractivity contribution in [1.29, 1.82) is 0 Å². The average Bonchev–Trinajstić information content (AvgIpc) is 2.73. The third-order valence-corrected chi connectivity index (χ3v) is 5.04. The Bertz CT molecular complexity index is 1350. The van der Waals surface area contributed by atoms with Crippen LogP contribution >= 0.6 is 11.6 Å². The van der Waals surface area contributed by atoms with E-state index < -0.39 is 0 Å². The Morgan fingerprint density at radius 1 is 0.714 bits per heavy atom. The number of halogens is 1. The summed E-state index contributed by atoms with van der Waals surface area (Å²) < 4.78 is 0. The molecular weight excluding hydrogens is 370 g/mol. The fourth-order valence-electron chi connectivity index (χ4n) is 3.40. The zero-order valence-corrected chi connectivity index (χ0v) is 15.4. The third kappa shape index (κ3) is 2.64. The van der Waals surface area contributed by atoms with E-state index in [1.165, 1.54) is 0 Å². The number of rotatable bonds is 2. The predicted molar refractivity (Wildman–Crippen MR) is 113 cm³/mol. The van der Waals surface area contributed by atoms with E-state index in [1.54, 1.807) is 18.6 Å². The van der Waals surface area contributed by atoms with Crippen LogP contribution in [0.5, 0.6) is 0 Å². The maximum atomic E-state index is 6.42. The molecule has 4 aromatic heterocycles. The molecule has 0 spiro atoms. The number of nitrogens with two attached hydrogens (primary N) is 1. The molecular formula is C22H14ClN5. The van der Waals surface area contributed by atoms with Gasteiger partial charge in [-0.3, -0.25) is 4.98 Å². The number of hydrogen-bond acceptors (Lipinski definition) is 5. The molecule has 0 saturated heterocycles. The number of nitrogen functional groups attached to an aromatic ring is 1. The van der Waals surface area contributed by atoms with Crippen LogP contribution in [0.3, 0.4) is 0 Å². The highest BCUT2D eigenvalue weighted by Gasteiger charge is 2.15. The Balaban J connectivity index is 1.88. The fraction of sp³-hybridized carbons (Fsp3) is 0. The second kappa shape index (κ2) is 6.55. The molecule has 0 atom stereocenters. The molecule has 0 unspecified atom stereocenters. The van der Waals surface area contributed by atoms with E-state index in [1.807, 2.05) is 54.6 Å². The van der Waals surface area contributed by atoms with E-state index in [2.05, 4.69) is 15.0 Å². The smallest absolute Gasteiger partial charge is 0.160 e. The van der Waals surface area contributed by atoms with Crippen molar-refractivity contribution in [2.24, 2.45) is 0 Å². The van der Waals surface area contributed by atoms with Crippen LogP contribution in [-0.2, 0) is 0 Å². The lowest BCUT2D eigenvalue weighted by molar-refractivity contribution is 1.28. The van der Waals surface area contributed by atoms with E-state index in [4.69, 9.17) is 22.3 Å². The van der Waals surface area contributed by atoms with Gasteiger partial charge < -0.3 is 5.73 Å². The molecule has 6 heteroatoms. The van der Waals surface area contributed by atoms with Gasteiger partial charge in [-0.15, -0.1) is 0 Å². The highest BCUT2D eigenvalue weighted by molar-refractivity contribution is 6.33. The van der Waals surface area contributed by atoms with Gasteiger partial charge in [0.2, 0.25) is 0 Å². The Hall–Kier alpha value is -3.57. The van der Waals surface area contributed by atoms with E-state index in [9.17, 15) is 0 Å². The van der Waals surface area contributed by atoms with Crippen LogP contribution in [0.25, 0.3) is 44.3 Å². The number of hydrogen-bond donors (Lipinski definition) is 1. The number of benzene rings is 1. The lowest BCUT2D eigenvalue weighted by atomic mass is 10.00. The van der Waals surface area contributed by atoms with Crippen LogP contribution < -0.4 is 5.73 Å². The summed E-state index contributed by atoms with van der Waals surface area (Å²) in [7, 11) is 0. The van der Waals surface area contributed by atoms with Crippen LogP contribution in [0.15, 0.2) is 73.2 Å². The van der Waals surface area contributed by atoms with Gasteiger partial charge in [0.25, 0.3) is 0 Å². The molecule has 5 aromatic rings. The number of anilines is 1. The van der Waals surface area contributed by atoms with Crippen molar-refractivity contribution in [3.8, 4) is 22.5 Å². The SMILES string of the molecule is Nc1nccc2c(-c3cc(-c4ccccc4Cl)nc4ncccc34)nccc12. The zero-order chi connectivity index (χ0) is 19.1. The Kier molecular flexibility index (Phi) is 3.88. The first kappa shape index (κ1) is 16.6. The molecule has 2 N–H and O–H groups in total. The van der Waals surface area contributed by atoms with E-state index in [0.717, 1.165) is 38.7 Å². The van der Waals surface area contributed by atoms with E-state index in [0.29, 0.717) is 16.5 Å². The quantitative estimate of drug-likeness (QED) is 0.456. The van der Waals surface area contributed by atoms with E-state index >= 15 is 0 Å². The van der Waals surface area contributed by atoms with Gasteiger partial charge in [0.1, 0.15) is 5.82 Å². The van der Waals surface area contributed by atoms with Gasteiger partial charge in [-0.05, 0) is 36.4 Å². The van der Waals surface area contributed by atoms with Crippen LogP contribution in [0, 0.1) is 0 Å². The minimum absolute atomic E-state index is 0.476. The highest BCUT2D eigenvalue weighted by atomic mass is 35.5. The summed E-state index contributed by atoms with van der Waals surface area (Å²) in [4.78, 5) is 18.0. The highest BCUT2D eigenvalue weighted by Crippen LogP contribution is 2.36. The molecule has 0 saturated carbocycles. The van der Waals surface area contributed by atoms with Crippen LogP contribution in [0.4, 0.5) is 5.82 Å². The minimum Gasteiger partial charge on any atom is -0.383 e. The third-order valence-electron chi connectivity index (χ3n) is 4.71. The van der Waals surface area contributed by atoms with Crippen molar-refractivity contribution < 1.29 is 0 Å². The summed E-state index contributed by atoms with van der Waals surface area (Å²) in [6.45, 7) is 0. The van der Waals surface area contributed by atoms with Gasteiger partial charge in [-0.1, -0.05) is 29.8 Å². The van der Waals surface area contributed by atoms with Crippen molar-refractivity contribution in [2.45, 2.75) is 0 Å². The summed E-state index contributed by atoms with van der Waals surface area (Å²) in [5.74, 6) is 0.476. The number of fused-ring (bicyclic) bond motifs is 2. The van der Waals surface area contributed by atoms with Crippen molar-refractivity contribution in [3.05, 3.63) is 78.2 Å². The lowest BCUT2D eigenvalue weighted by Gasteiger charge is -2.12. The van der Waals surface area contributed by atoms with Crippen molar-refractivity contribution >= 4 is 39.2 Å². The molecule has 4 heterocycles. The zero-order valence-electron chi connectivity index (χ0n) is 14.7. The topological polar surface area (TPSA) is 77.6 Å². The first-order chi connectivity index (χ1) is 13.7. The van der Waals surface area contributed by atoms with Crippen molar-refractivity contribution in [2.75, 3.05) is 5.73 Å². The van der Waals surface area contributed by atoms with Gasteiger partial charge in [-0.25, -0.2) is 15.0 Å². The van der Waals surface area contributed by atoms with Gasteiger partial charge in [0.05, 0.1) is 11.4 Å². The lowest BCUT2D eigenvalue weighted by Crippen LogP contribution is -1.96. The van der Waals surface area contributed by atoms with Gasteiger partial charge in [0.15, 0.2) is 5.65 Å². The summed E-state index contributed by atoms with van der Waals surface area (Å²) in [6.07, 6.45) is 5.17. The van der Waals surface area contributed by atoms with Crippen LogP contribution in [0.2, 0.25) is 5.02 Å². The number of pyridine rings is 4. The summed E-state index contributed by atoms with van der Waals surface area (Å²) in [6, 6.07) is 17.3. The van der Waals surface area contributed by atoms with Gasteiger partial charge >= 0.3 is 0 Å². The average molecular weight is 384 g/mol. The molecule has 0 bridgehead atoms. The molecule has 5 rings (SSSR count). The van der Waals surface area contributed by atoms with Crippen molar-refractivity contribution in [1.82, 2.24) is 19.9 Å². The number of nitrogens with zero attached hydrogens (tertiary/aromatic N) is 4. The van der Waals surface area contributed by atoms with Crippen molar-refractivity contribution in [3.63, 3.8) is 0 Å². The molecule has 0 fully saturated rings. The molecule has 134 valence electrons.